The first-order chi connectivity index (χ1) is 9.56. The summed E-state index contributed by atoms with van der Waals surface area (Å²) in [6, 6.07) is 7.46. The average molecular weight is 277 g/mol. The first-order valence-corrected chi connectivity index (χ1v) is 7.21. The molecule has 0 spiro atoms. The minimum atomic E-state index is -0.297. The Morgan fingerprint density at radius 2 is 2.15 bits per heavy atom. The number of para-hydroxylation sites is 1. The Morgan fingerprint density at radius 3 is 2.80 bits per heavy atom. The van der Waals surface area contributed by atoms with Gasteiger partial charge in [-0.2, -0.15) is 0 Å². The fraction of sp³-hybridized carbons (Fsp3) is 0.600. The van der Waals surface area contributed by atoms with Gasteiger partial charge < -0.3 is 5.73 Å². The normalized spacial score (nSPS) is 24.0. The van der Waals surface area contributed by atoms with Crippen LogP contribution in [0, 0.1) is 16.0 Å². The topological polar surface area (TPSA) is 72.4 Å². The fourth-order valence-corrected chi connectivity index (χ4v) is 3.34. The number of nitro groups is 1. The fourth-order valence-electron chi connectivity index (χ4n) is 3.34. The molecule has 0 saturated heterocycles. The second-order valence-electron chi connectivity index (χ2n) is 5.65. The Morgan fingerprint density at radius 1 is 1.45 bits per heavy atom. The van der Waals surface area contributed by atoms with Crippen LogP contribution in [0.3, 0.4) is 0 Å². The third kappa shape index (κ3) is 2.83. The van der Waals surface area contributed by atoms with Crippen molar-refractivity contribution in [3.8, 4) is 0 Å². The number of rotatable bonds is 5. The second-order valence-corrected chi connectivity index (χ2v) is 5.65. The molecule has 1 aromatic carbocycles. The SMILES string of the molecule is CC(c1ccccc1[N+](=O)[O-])N(C)C1CCCC1CN. The highest BCUT2D eigenvalue weighted by Crippen LogP contribution is 2.35. The van der Waals surface area contributed by atoms with Crippen LogP contribution in [0.4, 0.5) is 5.69 Å². The van der Waals surface area contributed by atoms with E-state index in [0.717, 1.165) is 18.4 Å². The molecule has 0 bridgehead atoms. The van der Waals surface area contributed by atoms with Gasteiger partial charge in [0.2, 0.25) is 0 Å². The minimum Gasteiger partial charge on any atom is -0.330 e. The van der Waals surface area contributed by atoms with E-state index < -0.39 is 0 Å². The maximum Gasteiger partial charge on any atom is 0.274 e. The van der Waals surface area contributed by atoms with Crippen LogP contribution < -0.4 is 5.73 Å². The van der Waals surface area contributed by atoms with Gasteiger partial charge in [-0.25, -0.2) is 0 Å². The molecule has 1 fully saturated rings. The van der Waals surface area contributed by atoms with Crippen LogP contribution in [0.1, 0.15) is 37.8 Å². The van der Waals surface area contributed by atoms with Crippen molar-refractivity contribution < 1.29 is 4.92 Å². The van der Waals surface area contributed by atoms with Crippen molar-refractivity contribution in [3.05, 3.63) is 39.9 Å². The van der Waals surface area contributed by atoms with Crippen LogP contribution in [-0.2, 0) is 0 Å². The van der Waals surface area contributed by atoms with Crippen molar-refractivity contribution in [3.63, 3.8) is 0 Å². The van der Waals surface area contributed by atoms with Crippen molar-refractivity contribution in [2.75, 3.05) is 13.6 Å². The average Bonchev–Trinajstić information content (AvgIpc) is 2.94. The molecule has 2 N–H and O–H groups in total. The summed E-state index contributed by atoms with van der Waals surface area (Å²) in [4.78, 5) is 13.1. The second kappa shape index (κ2) is 6.33. The molecular weight excluding hydrogens is 254 g/mol. The number of hydrogen-bond donors (Lipinski definition) is 1. The lowest BCUT2D eigenvalue weighted by atomic mass is 9.98. The number of nitro benzene ring substituents is 1. The van der Waals surface area contributed by atoms with Crippen LogP contribution in [0.5, 0.6) is 0 Å². The summed E-state index contributed by atoms with van der Waals surface area (Å²) in [5.74, 6) is 0.505. The number of nitrogens with zero attached hydrogens (tertiary/aromatic N) is 2. The standard InChI is InChI=1S/C15H23N3O2/c1-11(13-7-3-4-8-15(13)18(19)20)17(2)14-9-5-6-12(14)10-16/h3-4,7-8,11-12,14H,5-6,9-10,16H2,1-2H3. The molecule has 1 aliphatic rings. The van der Waals surface area contributed by atoms with E-state index in [-0.39, 0.29) is 16.7 Å². The van der Waals surface area contributed by atoms with Gasteiger partial charge in [0, 0.05) is 23.7 Å². The predicted octanol–water partition coefficient (Wildman–Crippen LogP) is 2.72. The summed E-state index contributed by atoms with van der Waals surface area (Å²) in [5.41, 5.74) is 6.83. The van der Waals surface area contributed by atoms with Crippen molar-refractivity contribution in [2.45, 2.75) is 38.3 Å². The molecule has 2 rings (SSSR count). The van der Waals surface area contributed by atoms with Gasteiger partial charge in [-0.05, 0) is 39.3 Å². The zero-order chi connectivity index (χ0) is 14.7. The number of nitrogens with two attached hydrogens (primary N) is 1. The predicted molar refractivity (Wildman–Crippen MR) is 79.5 cm³/mol. The zero-order valence-electron chi connectivity index (χ0n) is 12.2. The van der Waals surface area contributed by atoms with Crippen LogP contribution >= 0.6 is 0 Å². The number of hydrogen-bond acceptors (Lipinski definition) is 4. The molecule has 0 aromatic heterocycles. The molecule has 20 heavy (non-hydrogen) atoms. The van der Waals surface area contributed by atoms with Crippen LogP contribution in [0.2, 0.25) is 0 Å². The van der Waals surface area contributed by atoms with Gasteiger partial charge in [0.05, 0.1) is 4.92 Å². The van der Waals surface area contributed by atoms with Crippen molar-refractivity contribution in [1.29, 1.82) is 0 Å². The molecular formula is C15H23N3O2. The highest BCUT2D eigenvalue weighted by molar-refractivity contribution is 5.41. The Balaban J connectivity index is 2.22. The van der Waals surface area contributed by atoms with Crippen molar-refractivity contribution in [2.24, 2.45) is 11.7 Å². The lowest BCUT2D eigenvalue weighted by Gasteiger charge is -2.34. The molecule has 110 valence electrons. The third-order valence-electron chi connectivity index (χ3n) is 4.64. The lowest BCUT2D eigenvalue weighted by molar-refractivity contribution is -0.386. The maximum atomic E-state index is 11.2. The van der Waals surface area contributed by atoms with E-state index in [0.29, 0.717) is 18.5 Å². The zero-order valence-corrected chi connectivity index (χ0v) is 12.2. The molecule has 0 heterocycles. The highest BCUT2D eigenvalue weighted by atomic mass is 16.6. The summed E-state index contributed by atoms with van der Waals surface area (Å²) in [6.07, 6.45) is 3.49. The van der Waals surface area contributed by atoms with Gasteiger partial charge in [-0.3, -0.25) is 15.0 Å². The monoisotopic (exact) mass is 277 g/mol. The van der Waals surface area contributed by atoms with Crippen LogP contribution in [-0.4, -0.2) is 29.5 Å². The summed E-state index contributed by atoms with van der Waals surface area (Å²) < 4.78 is 0. The van der Waals surface area contributed by atoms with Crippen molar-refractivity contribution in [1.82, 2.24) is 4.90 Å². The smallest absolute Gasteiger partial charge is 0.274 e. The Labute approximate surface area is 119 Å². The molecule has 0 amide bonds. The third-order valence-corrected chi connectivity index (χ3v) is 4.64. The molecule has 3 unspecified atom stereocenters. The van der Waals surface area contributed by atoms with E-state index in [1.54, 1.807) is 12.1 Å². The summed E-state index contributed by atoms with van der Waals surface area (Å²) >= 11 is 0. The quantitative estimate of drug-likeness (QED) is 0.663. The summed E-state index contributed by atoms with van der Waals surface area (Å²) in [5, 5.41) is 11.2. The Hall–Kier alpha value is -1.46. The summed E-state index contributed by atoms with van der Waals surface area (Å²) in [7, 11) is 2.06. The molecule has 1 aromatic rings. The van der Waals surface area contributed by atoms with E-state index in [1.807, 2.05) is 19.1 Å². The minimum absolute atomic E-state index is 0.0220. The Kier molecular flexibility index (Phi) is 4.73. The van der Waals surface area contributed by atoms with Gasteiger partial charge in [0.15, 0.2) is 0 Å². The van der Waals surface area contributed by atoms with Crippen LogP contribution in [0.15, 0.2) is 24.3 Å². The number of benzene rings is 1. The molecule has 1 aliphatic carbocycles. The Bertz CT molecular complexity index is 478. The van der Waals surface area contributed by atoms with Gasteiger partial charge >= 0.3 is 0 Å². The van der Waals surface area contributed by atoms with Crippen molar-refractivity contribution >= 4 is 5.69 Å². The van der Waals surface area contributed by atoms with E-state index >= 15 is 0 Å². The first-order valence-electron chi connectivity index (χ1n) is 7.21. The van der Waals surface area contributed by atoms with E-state index in [9.17, 15) is 10.1 Å². The van der Waals surface area contributed by atoms with Gasteiger partial charge in [-0.15, -0.1) is 0 Å². The molecule has 1 saturated carbocycles. The van der Waals surface area contributed by atoms with Gasteiger partial charge in [-0.1, -0.05) is 24.6 Å². The lowest BCUT2D eigenvalue weighted by Crippen LogP contribution is -2.39. The van der Waals surface area contributed by atoms with Crippen LogP contribution in [0.25, 0.3) is 0 Å². The summed E-state index contributed by atoms with van der Waals surface area (Å²) in [6.45, 7) is 2.73. The highest BCUT2D eigenvalue weighted by Gasteiger charge is 2.33. The van der Waals surface area contributed by atoms with E-state index in [2.05, 4.69) is 11.9 Å². The van der Waals surface area contributed by atoms with E-state index in [4.69, 9.17) is 5.73 Å². The van der Waals surface area contributed by atoms with Gasteiger partial charge in [0.25, 0.3) is 5.69 Å². The molecule has 0 radical (unpaired) electrons. The first kappa shape index (κ1) is 14.9. The molecule has 3 atom stereocenters. The van der Waals surface area contributed by atoms with E-state index in [1.165, 1.54) is 6.42 Å². The molecule has 0 aliphatic heterocycles. The molecule has 5 heteroatoms. The van der Waals surface area contributed by atoms with Gasteiger partial charge in [0.1, 0.15) is 0 Å². The molecule has 5 nitrogen and oxygen atoms in total. The largest absolute Gasteiger partial charge is 0.330 e. The maximum absolute atomic E-state index is 11.2.